The largest absolute Gasteiger partial charge is 0.298 e. The molecule has 0 spiro atoms. The zero-order valence-electron chi connectivity index (χ0n) is 8.82. The average Bonchev–Trinajstić information content (AvgIpc) is 2.03. The second kappa shape index (κ2) is 3.98. The van der Waals surface area contributed by atoms with Crippen molar-refractivity contribution in [1.29, 1.82) is 0 Å². The monoisotopic (exact) mass is 204 g/mol. The summed E-state index contributed by atoms with van der Waals surface area (Å²) in [6.07, 6.45) is 1.72. The second-order valence-corrected chi connectivity index (χ2v) is 6.45. The zero-order valence-corrected chi connectivity index (χ0v) is 9.64. The van der Waals surface area contributed by atoms with Crippen molar-refractivity contribution < 1.29 is 4.21 Å². The quantitative estimate of drug-likeness (QED) is 0.603. The first kappa shape index (κ1) is 11.0. The highest BCUT2D eigenvalue weighted by Crippen LogP contribution is 2.08. The minimum Gasteiger partial charge on any atom is -0.298 e. The van der Waals surface area contributed by atoms with Gasteiger partial charge in [0.05, 0.1) is 0 Å². The van der Waals surface area contributed by atoms with Gasteiger partial charge in [0, 0.05) is 48.2 Å². The van der Waals surface area contributed by atoms with Crippen LogP contribution in [0.25, 0.3) is 0 Å². The molecule has 0 radical (unpaired) electrons. The molecule has 0 aromatic rings. The fourth-order valence-electron chi connectivity index (χ4n) is 1.61. The molecule has 1 fully saturated rings. The van der Waals surface area contributed by atoms with Crippen LogP contribution in [-0.2, 0) is 9.71 Å². The number of piperazine rings is 1. The summed E-state index contributed by atoms with van der Waals surface area (Å²) in [4.78, 5) is 2.40. The van der Waals surface area contributed by atoms with Crippen molar-refractivity contribution >= 4 is 15.6 Å². The smallest absolute Gasteiger partial charge is 0.0246 e. The molecule has 78 valence electrons. The Morgan fingerprint density at radius 1 is 1.23 bits per heavy atom. The van der Waals surface area contributed by atoms with E-state index in [2.05, 4.69) is 24.6 Å². The van der Waals surface area contributed by atoms with Crippen LogP contribution >= 0.6 is 0 Å². The van der Waals surface area contributed by atoms with Gasteiger partial charge in [-0.1, -0.05) is 0 Å². The Morgan fingerprint density at radius 3 is 2.00 bits per heavy atom. The van der Waals surface area contributed by atoms with Gasteiger partial charge in [-0.05, 0) is 19.7 Å². The summed E-state index contributed by atoms with van der Waals surface area (Å²) in [5.74, 6) is 3.70. The van der Waals surface area contributed by atoms with Crippen LogP contribution in [-0.4, -0.2) is 57.8 Å². The van der Waals surface area contributed by atoms with Crippen LogP contribution in [0.4, 0.5) is 0 Å². The van der Waals surface area contributed by atoms with Crippen molar-refractivity contribution in [3.63, 3.8) is 0 Å². The van der Waals surface area contributed by atoms with Gasteiger partial charge in [0.1, 0.15) is 0 Å². The van der Waals surface area contributed by atoms with E-state index in [0.29, 0.717) is 6.04 Å². The summed E-state index contributed by atoms with van der Waals surface area (Å²) in [7, 11) is -1.97. The third-order valence-corrected chi connectivity index (χ3v) is 4.01. The van der Waals surface area contributed by atoms with E-state index in [1.807, 2.05) is 4.31 Å². The summed E-state index contributed by atoms with van der Waals surface area (Å²) in [5, 5.41) is 0. The van der Waals surface area contributed by atoms with Gasteiger partial charge in [0.25, 0.3) is 0 Å². The van der Waals surface area contributed by atoms with Gasteiger partial charge in [-0.2, -0.15) is 0 Å². The molecule has 0 aliphatic carbocycles. The van der Waals surface area contributed by atoms with Crippen LogP contribution in [0.5, 0.6) is 0 Å². The molecule has 0 saturated carbocycles. The van der Waals surface area contributed by atoms with E-state index in [-0.39, 0.29) is 0 Å². The van der Waals surface area contributed by atoms with Gasteiger partial charge in [-0.25, -0.2) is 4.31 Å². The highest BCUT2D eigenvalue weighted by atomic mass is 32.2. The average molecular weight is 204 g/mol. The molecular weight excluding hydrogens is 184 g/mol. The van der Waals surface area contributed by atoms with Gasteiger partial charge in [-0.15, -0.1) is 0 Å². The van der Waals surface area contributed by atoms with E-state index in [4.69, 9.17) is 0 Å². The Morgan fingerprint density at radius 2 is 1.69 bits per heavy atom. The van der Waals surface area contributed by atoms with Crippen LogP contribution in [0, 0.1) is 0 Å². The summed E-state index contributed by atoms with van der Waals surface area (Å²) in [6.45, 7) is 8.19. The molecule has 3 nitrogen and oxygen atoms in total. The standard InChI is InChI=1S/C9H20N2OS/c1-9(2)10-5-7-11(8-6-10)13(3,4)12/h9H,3,5-8H2,1-2,4H3. The first-order valence-corrected chi connectivity index (χ1v) is 6.82. The van der Waals surface area contributed by atoms with Gasteiger partial charge in [0.2, 0.25) is 0 Å². The molecular formula is C9H20N2OS. The van der Waals surface area contributed by atoms with Crippen LogP contribution in [0.1, 0.15) is 13.8 Å². The minimum atomic E-state index is -1.97. The zero-order chi connectivity index (χ0) is 10.1. The van der Waals surface area contributed by atoms with Gasteiger partial charge in [0.15, 0.2) is 0 Å². The van der Waals surface area contributed by atoms with Crippen LogP contribution in [0.2, 0.25) is 0 Å². The number of rotatable bonds is 2. The summed E-state index contributed by atoms with van der Waals surface area (Å²) in [5.41, 5.74) is 0. The highest BCUT2D eigenvalue weighted by Gasteiger charge is 2.21. The highest BCUT2D eigenvalue weighted by molar-refractivity contribution is 7.97. The van der Waals surface area contributed by atoms with E-state index in [0.717, 1.165) is 26.2 Å². The fraction of sp³-hybridized carbons (Fsp3) is 0.889. The van der Waals surface area contributed by atoms with Crippen molar-refractivity contribution in [3.05, 3.63) is 0 Å². The molecule has 1 heterocycles. The molecule has 1 aliphatic heterocycles. The summed E-state index contributed by atoms with van der Waals surface area (Å²) >= 11 is 0. The lowest BCUT2D eigenvalue weighted by molar-refractivity contribution is 0.157. The molecule has 0 N–H and O–H groups in total. The van der Waals surface area contributed by atoms with Crippen LogP contribution in [0.15, 0.2) is 0 Å². The predicted octanol–water partition coefficient (Wildman–Crippen LogP) is 0.274. The molecule has 0 aromatic heterocycles. The third-order valence-electron chi connectivity index (χ3n) is 2.55. The molecule has 0 amide bonds. The predicted molar refractivity (Wildman–Crippen MR) is 59.5 cm³/mol. The Labute approximate surface area is 81.9 Å². The Hall–Kier alpha value is -0.0600. The normalized spacial score (nSPS) is 26.2. The lowest BCUT2D eigenvalue weighted by atomic mass is 10.3. The van der Waals surface area contributed by atoms with E-state index < -0.39 is 9.71 Å². The maximum absolute atomic E-state index is 11.6. The molecule has 1 aliphatic rings. The van der Waals surface area contributed by atoms with Crippen LogP contribution < -0.4 is 0 Å². The number of hydrogen-bond acceptors (Lipinski definition) is 2. The van der Waals surface area contributed by atoms with Gasteiger partial charge < -0.3 is 0 Å². The molecule has 4 heteroatoms. The topological polar surface area (TPSA) is 23.6 Å². The van der Waals surface area contributed by atoms with E-state index in [1.54, 1.807) is 6.26 Å². The lowest BCUT2D eigenvalue weighted by Gasteiger charge is -2.37. The number of hydrogen-bond donors (Lipinski definition) is 0. The maximum Gasteiger partial charge on any atom is 0.0246 e. The summed E-state index contributed by atoms with van der Waals surface area (Å²) in [6, 6.07) is 0.597. The van der Waals surface area contributed by atoms with Crippen molar-refractivity contribution in [2.45, 2.75) is 19.9 Å². The first-order valence-electron chi connectivity index (χ1n) is 4.72. The van der Waals surface area contributed by atoms with Gasteiger partial charge in [-0.3, -0.25) is 9.11 Å². The van der Waals surface area contributed by atoms with Crippen molar-refractivity contribution in [3.8, 4) is 0 Å². The van der Waals surface area contributed by atoms with Crippen LogP contribution in [0.3, 0.4) is 0 Å². The Balaban J connectivity index is 2.49. The first-order chi connectivity index (χ1) is 5.91. The van der Waals surface area contributed by atoms with Crippen molar-refractivity contribution in [2.75, 3.05) is 32.4 Å². The van der Waals surface area contributed by atoms with E-state index in [9.17, 15) is 4.21 Å². The second-order valence-electron chi connectivity index (χ2n) is 4.02. The minimum absolute atomic E-state index is 0.597. The maximum atomic E-state index is 11.6. The van der Waals surface area contributed by atoms with E-state index in [1.165, 1.54) is 0 Å². The molecule has 1 rings (SSSR count). The SMILES string of the molecule is C=S(C)(=O)N1CCN(C(C)C)CC1. The Bertz CT molecular complexity index is 251. The molecule has 1 atom stereocenters. The summed E-state index contributed by atoms with van der Waals surface area (Å²) < 4.78 is 13.6. The molecule has 0 bridgehead atoms. The number of nitrogens with zero attached hydrogens (tertiary/aromatic N) is 2. The lowest BCUT2D eigenvalue weighted by Crippen LogP contribution is -2.50. The van der Waals surface area contributed by atoms with E-state index >= 15 is 0 Å². The van der Waals surface area contributed by atoms with Gasteiger partial charge >= 0.3 is 0 Å². The Kier molecular flexibility index (Phi) is 3.38. The third kappa shape index (κ3) is 2.97. The molecule has 1 saturated heterocycles. The molecule has 0 aromatic carbocycles. The molecule has 13 heavy (non-hydrogen) atoms. The fourth-order valence-corrected chi connectivity index (χ4v) is 2.54. The molecule has 1 unspecified atom stereocenters. The van der Waals surface area contributed by atoms with Crippen molar-refractivity contribution in [1.82, 2.24) is 9.21 Å². The van der Waals surface area contributed by atoms with Crippen molar-refractivity contribution in [2.24, 2.45) is 0 Å².